The molecule has 0 aliphatic heterocycles. The lowest BCUT2D eigenvalue weighted by atomic mass is 10.2. The van der Waals surface area contributed by atoms with E-state index in [4.69, 9.17) is 4.74 Å². The first-order valence-electron chi connectivity index (χ1n) is 8.79. The number of aromatic nitrogens is 2. The summed E-state index contributed by atoms with van der Waals surface area (Å²) in [5.74, 6) is -0.250. The Morgan fingerprint density at radius 1 is 0.929 bits per heavy atom. The monoisotopic (exact) mass is 376 g/mol. The van der Waals surface area contributed by atoms with Crippen LogP contribution in [0.2, 0.25) is 0 Å². The van der Waals surface area contributed by atoms with E-state index < -0.39 is 11.9 Å². The van der Waals surface area contributed by atoms with Crippen LogP contribution in [0.15, 0.2) is 60.9 Å². The summed E-state index contributed by atoms with van der Waals surface area (Å²) in [5, 5.41) is 5.84. The molecule has 0 spiro atoms. The van der Waals surface area contributed by atoms with Crippen molar-refractivity contribution in [1.82, 2.24) is 9.97 Å². The summed E-state index contributed by atoms with van der Waals surface area (Å²) in [7, 11) is 0. The van der Waals surface area contributed by atoms with Crippen LogP contribution in [0.1, 0.15) is 33.3 Å². The molecule has 3 aromatic rings. The SMILES string of the molecule is CCOC(=O)c1ccc(NC(=O)c2cnc(Nc3ccc(C)cc3)cn2)cc1. The normalized spacial score (nSPS) is 10.2. The van der Waals surface area contributed by atoms with Crippen LogP contribution in [0.4, 0.5) is 17.2 Å². The molecule has 0 bridgehead atoms. The molecule has 0 aliphatic carbocycles. The Bertz CT molecular complexity index is 952. The molecule has 7 heteroatoms. The van der Waals surface area contributed by atoms with Gasteiger partial charge in [-0.05, 0) is 50.2 Å². The molecule has 1 heterocycles. The van der Waals surface area contributed by atoms with E-state index in [0.29, 0.717) is 23.7 Å². The predicted molar refractivity (Wildman–Crippen MR) is 107 cm³/mol. The smallest absolute Gasteiger partial charge is 0.338 e. The Labute approximate surface area is 162 Å². The Morgan fingerprint density at radius 3 is 2.21 bits per heavy atom. The van der Waals surface area contributed by atoms with E-state index >= 15 is 0 Å². The summed E-state index contributed by atoms with van der Waals surface area (Å²) < 4.78 is 4.93. The third kappa shape index (κ3) is 4.91. The zero-order chi connectivity index (χ0) is 19.9. The van der Waals surface area contributed by atoms with Crippen molar-refractivity contribution in [3.05, 3.63) is 77.7 Å². The van der Waals surface area contributed by atoms with Crippen LogP contribution in [-0.4, -0.2) is 28.5 Å². The number of nitrogens with zero attached hydrogens (tertiary/aromatic N) is 2. The molecule has 0 radical (unpaired) electrons. The first-order valence-corrected chi connectivity index (χ1v) is 8.79. The maximum atomic E-state index is 12.3. The molecular weight excluding hydrogens is 356 g/mol. The second-order valence-electron chi connectivity index (χ2n) is 6.03. The van der Waals surface area contributed by atoms with Gasteiger partial charge in [-0.15, -0.1) is 0 Å². The number of esters is 1. The molecule has 2 N–H and O–H groups in total. The summed E-state index contributed by atoms with van der Waals surface area (Å²) in [5.41, 5.74) is 3.20. The zero-order valence-electron chi connectivity index (χ0n) is 15.6. The van der Waals surface area contributed by atoms with Gasteiger partial charge in [-0.1, -0.05) is 17.7 Å². The molecule has 142 valence electrons. The minimum absolute atomic E-state index is 0.184. The predicted octanol–water partition coefficient (Wildman–Crippen LogP) is 3.96. The fourth-order valence-corrected chi connectivity index (χ4v) is 2.39. The van der Waals surface area contributed by atoms with E-state index in [1.807, 2.05) is 31.2 Å². The second-order valence-corrected chi connectivity index (χ2v) is 6.03. The molecule has 1 amide bonds. The molecule has 0 atom stereocenters. The van der Waals surface area contributed by atoms with Crippen LogP contribution < -0.4 is 10.6 Å². The standard InChI is InChI=1S/C21H20N4O3/c1-3-28-21(27)15-6-10-17(11-7-15)25-20(26)18-12-23-19(13-22-18)24-16-8-4-14(2)5-9-16/h4-13H,3H2,1-2H3,(H,23,24)(H,25,26). The van der Waals surface area contributed by atoms with Crippen molar-refractivity contribution >= 4 is 29.1 Å². The fraction of sp³-hybridized carbons (Fsp3) is 0.143. The van der Waals surface area contributed by atoms with Crippen molar-refractivity contribution in [2.24, 2.45) is 0 Å². The summed E-state index contributed by atoms with van der Waals surface area (Å²) >= 11 is 0. The molecule has 0 saturated carbocycles. The summed E-state index contributed by atoms with van der Waals surface area (Å²) in [4.78, 5) is 32.3. The van der Waals surface area contributed by atoms with Crippen molar-refractivity contribution < 1.29 is 14.3 Å². The number of amides is 1. The van der Waals surface area contributed by atoms with E-state index in [1.165, 1.54) is 18.0 Å². The number of benzene rings is 2. The fourth-order valence-electron chi connectivity index (χ4n) is 2.39. The largest absolute Gasteiger partial charge is 0.462 e. The van der Waals surface area contributed by atoms with Crippen LogP contribution in [0.5, 0.6) is 0 Å². The molecule has 2 aromatic carbocycles. The zero-order valence-corrected chi connectivity index (χ0v) is 15.6. The van der Waals surface area contributed by atoms with Gasteiger partial charge in [0.15, 0.2) is 0 Å². The first kappa shape index (κ1) is 19.0. The van der Waals surface area contributed by atoms with Gasteiger partial charge in [-0.25, -0.2) is 14.8 Å². The summed E-state index contributed by atoms with van der Waals surface area (Å²) in [6, 6.07) is 14.3. The minimum Gasteiger partial charge on any atom is -0.462 e. The highest BCUT2D eigenvalue weighted by Gasteiger charge is 2.10. The van der Waals surface area contributed by atoms with Crippen molar-refractivity contribution in [2.75, 3.05) is 17.2 Å². The third-order valence-electron chi connectivity index (χ3n) is 3.86. The van der Waals surface area contributed by atoms with Crippen molar-refractivity contribution in [2.45, 2.75) is 13.8 Å². The molecular formula is C21H20N4O3. The van der Waals surface area contributed by atoms with E-state index in [9.17, 15) is 9.59 Å². The average Bonchev–Trinajstić information content (AvgIpc) is 2.71. The maximum Gasteiger partial charge on any atom is 0.338 e. The molecule has 3 rings (SSSR count). The number of hydrogen-bond acceptors (Lipinski definition) is 6. The number of rotatable bonds is 6. The first-order chi connectivity index (χ1) is 13.5. The van der Waals surface area contributed by atoms with Gasteiger partial charge >= 0.3 is 5.97 Å². The van der Waals surface area contributed by atoms with Gasteiger partial charge in [0, 0.05) is 11.4 Å². The van der Waals surface area contributed by atoms with Gasteiger partial charge in [-0.2, -0.15) is 0 Å². The molecule has 0 unspecified atom stereocenters. The van der Waals surface area contributed by atoms with Crippen LogP contribution in [-0.2, 0) is 4.74 Å². The number of carbonyl (C=O) groups excluding carboxylic acids is 2. The number of aryl methyl sites for hydroxylation is 1. The topological polar surface area (TPSA) is 93.2 Å². The van der Waals surface area contributed by atoms with Gasteiger partial charge in [0.05, 0.1) is 24.6 Å². The Hall–Kier alpha value is -3.74. The molecule has 0 saturated heterocycles. The molecule has 1 aromatic heterocycles. The lowest BCUT2D eigenvalue weighted by molar-refractivity contribution is 0.0526. The quantitative estimate of drug-likeness (QED) is 0.633. The lowest BCUT2D eigenvalue weighted by Gasteiger charge is -2.08. The number of nitrogens with one attached hydrogen (secondary N) is 2. The van der Waals surface area contributed by atoms with Crippen LogP contribution in [0.25, 0.3) is 0 Å². The van der Waals surface area contributed by atoms with E-state index in [2.05, 4.69) is 20.6 Å². The molecule has 7 nitrogen and oxygen atoms in total. The van der Waals surface area contributed by atoms with E-state index in [1.54, 1.807) is 31.2 Å². The summed E-state index contributed by atoms with van der Waals surface area (Å²) in [6.45, 7) is 4.07. The lowest BCUT2D eigenvalue weighted by Crippen LogP contribution is -2.14. The third-order valence-corrected chi connectivity index (χ3v) is 3.86. The van der Waals surface area contributed by atoms with Gasteiger partial charge < -0.3 is 15.4 Å². The minimum atomic E-state index is -0.400. The molecule has 0 aliphatic rings. The Morgan fingerprint density at radius 2 is 1.61 bits per heavy atom. The van der Waals surface area contributed by atoms with E-state index in [-0.39, 0.29) is 5.69 Å². The number of anilines is 3. The second kappa shape index (κ2) is 8.77. The summed E-state index contributed by atoms with van der Waals surface area (Å²) in [6.07, 6.45) is 2.90. The van der Waals surface area contributed by atoms with Gasteiger partial charge in [0.25, 0.3) is 5.91 Å². The number of hydrogen-bond donors (Lipinski definition) is 2. The number of carbonyl (C=O) groups is 2. The Kier molecular flexibility index (Phi) is 5.96. The highest BCUT2D eigenvalue weighted by Crippen LogP contribution is 2.15. The highest BCUT2D eigenvalue weighted by atomic mass is 16.5. The van der Waals surface area contributed by atoms with Crippen LogP contribution >= 0.6 is 0 Å². The van der Waals surface area contributed by atoms with Crippen LogP contribution in [0.3, 0.4) is 0 Å². The van der Waals surface area contributed by atoms with Crippen molar-refractivity contribution in [3.8, 4) is 0 Å². The van der Waals surface area contributed by atoms with Gasteiger partial charge in [0.1, 0.15) is 11.5 Å². The van der Waals surface area contributed by atoms with Crippen molar-refractivity contribution in [1.29, 1.82) is 0 Å². The average molecular weight is 376 g/mol. The van der Waals surface area contributed by atoms with Crippen LogP contribution in [0, 0.1) is 6.92 Å². The number of ether oxygens (including phenoxy) is 1. The molecule has 28 heavy (non-hydrogen) atoms. The Balaban J connectivity index is 1.61. The highest BCUT2D eigenvalue weighted by molar-refractivity contribution is 6.03. The van der Waals surface area contributed by atoms with Crippen molar-refractivity contribution in [3.63, 3.8) is 0 Å². The van der Waals surface area contributed by atoms with Gasteiger partial charge in [-0.3, -0.25) is 4.79 Å². The molecule has 0 fully saturated rings. The van der Waals surface area contributed by atoms with E-state index in [0.717, 1.165) is 5.69 Å². The van der Waals surface area contributed by atoms with Gasteiger partial charge in [0.2, 0.25) is 0 Å². The maximum absolute atomic E-state index is 12.3.